The lowest BCUT2D eigenvalue weighted by Gasteiger charge is -2.45. The number of benzene rings is 1. The summed E-state index contributed by atoms with van der Waals surface area (Å²) >= 11 is 0. The maximum atomic E-state index is 12.2. The molecule has 3 heteroatoms. The van der Waals surface area contributed by atoms with Crippen molar-refractivity contribution in [3.8, 4) is 0 Å². The van der Waals surface area contributed by atoms with Crippen LogP contribution in [0.3, 0.4) is 0 Å². The fraction of sp³-hybridized carbons (Fsp3) is 0.588. The molecule has 0 radical (unpaired) electrons. The Bertz CT molecular complexity index is 446. The number of hydrogen-bond donors (Lipinski definition) is 0. The minimum absolute atomic E-state index is 0.104. The van der Waals surface area contributed by atoms with Gasteiger partial charge in [0.05, 0.1) is 7.11 Å². The van der Waals surface area contributed by atoms with E-state index in [-0.39, 0.29) is 12.0 Å². The summed E-state index contributed by atoms with van der Waals surface area (Å²) in [5.74, 6) is 1.34. The topological polar surface area (TPSA) is 29.5 Å². The molecular weight excluding hydrogens is 250 g/mol. The Morgan fingerprint density at radius 2 is 1.85 bits per heavy atom. The van der Waals surface area contributed by atoms with Gasteiger partial charge < -0.3 is 4.74 Å². The highest BCUT2D eigenvalue weighted by molar-refractivity contribution is 5.76. The van der Waals surface area contributed by atoms with Crippen molar-refractivity contribution in [3.63, 3.8) is 0 Å². The standard InChI is InChI=1S/C17H25NO2/c1-12-10-18(11-15-8-6-5-7-9-15)16(17(19)20-4)14(3)13(12)2/h5-9,12-14,16H,10-11H2,1-4H3/t12-,13+,14+,16-/m0/s1. The summed E-state index contributed by atoms with van der Waals surface area (Å²) in [4.78, 5) is 14.4. The van der Waals surface area contributed by atoms with E-state index < -0.39 is 0 Å². The molecule has 0 N–H and O–H groups in total. The van der Waals surface area contributed by atoms with Crippen LogP contribution in [0.1, 0.15) is 26.3 Å². The first-order valence-electron chi connectivity index (χ1n) is 7.40. The van der Waals surface area contributed by atoms with E-state index in [1.807, 2.05) is 18.2 Å². The zero-order valence-corrected chi connectivity index (χ0v) is 12.9. The van der Waals surface area contributed by atoms with E-state index in [2.05, 4.69) is 37.8 Å². The van der Waals surface area contributed by atoms with Crippen molar-refractivity contribution >= 4 is 5.97 Å². The number of rotatable bonds is 3. The van der Waals surface area contributed by atoms with Crippen molar-refractivity contribution in [3.05, 3.63) is 35.9 Å². The second kappa shape index (κ2) is 6.40. The highest BCUT2D eigenvalue weighted by Gasteiger charge is 2.41. The van der Waals surface area contributed by atoms with Gasteiger partial charge in [0, 0.05) is 13.1 Å². The number of piperidine rings is 1. The van der Waals surface area contributed by atoms with Crippen molar-refractivity contribution < 1.29 is 9.53 Å². The molecule has 1 aromatic carbocycles. The first kappa shape index (κ1) is 15.0. The first-order chi connectivity index (χ1) is 9.54. The summed E-state index contributed by atoms with van der Waals surface area (Å²) in [5, 5.41) is 0. The third kappa shape index (κ3) is 3.04. The summed E-state index contributed by atoms with van der Waals surface area (Å²) in [7, 11) is 1.48. The summed E-state index contributed by atoms with van der Waals surface area (Å²) in [6.07, 6.45) is 0. The number of carbonyl (C=O) groups excluding carboxylic acids is 1. The second-order valence-corrected chi connectivity index (χ2v) is 6.08. The van der Waals surface area contributed by atoms with Gasteiger partial charge in [-0.15, -0.1) is 0 Å². The molecule has 0 unspecified atom stereocenters. The Balaban J connectivity index is 2.20. The van der Waals surface area contributed by atoms with E-state index in [1.165, 1.54) is 12.7 Å². The zero-order valence-electron chi connectivity index (χ0n) is 12.9. The number of methoxy groups -OCH3 is 1. The third-order valence-electron chi connectivity index (χ3n) is 4.81. The fourth-order valence-electron chi connectivity index (χ4n) is 3.25. The molecule has 20 heavy (non-hydrogen) atoms. The molecule has 0 saturated carbocycles. The molecule has 1 saturated heterocycles. The van der Waals surface area contributed by atoms with Gasteiger partial charge in [-0.05, 0) is 23.3 Å². The van der Waals surface area contributed by atoms with Crippen LogP contribution in [0.25, 0.3) is 0 Å². The van der Waals surface area contributed by atoms with Gasteiger partial charge >= 0.3 is 5.97 Å². The molecule has 1 aromatic rings. The molecule has 1 aliphatic rings. The lowest BCUT2D eigenvalue weighted by Crippen LogP contribution is -2.54. The van der Waals surface area contributed by atoms with Gasteiger partial charge in [-0.1, -0.05) is 51.1 Å². The SMILES string of the molecule is COC(=O)[C@@H]1[C@H](C)[C@H](C)[C@@H](C)CN1Cc1ccccc1. The lowest BCUT2D eigenvalue weighted by molar-refractivity contribution is -0.153. The summed E-state index contributed by atoms with van der Waals surface area (Å²) in [6.45, 7) is 8.43. The highest BCUT2D eigenvalue weighted by atomic mass is 16.5. The molecular formula is C17H25NO2. The van der Waals surface area contributed by atoms with Crippen molar-refractivity contribution in [1.29, 1.82) is 0 Å². The maximum absolute atomic E-state index is 12.2. The van der Waals surface area contributed by atoms with Gasteiger partial charge in [0.15, 0.2) is 0 Å². The average molecular weight is 275 g/mol. The molecule has 2 rings (SSSR count). The Hall–Kier alpha value is -1.35. The molecule has 0 aliphatic carbocycles. The fourth-order valence-corrected chi connectivity index (χ4v) is 3.25. The molecule has 0 amide bonds. The number of nitrogens with zero attached hydrogens (tertiary/aromatic N) is 1. The van der Waals surface area contributed by atoms with Crippen LogP contribution < -0.4 is 0 Å². The Morgan fingerprint density at radius 3 is 2.45 bits per heavy atom. The number of hydrogen-bond acceptors (Lipinski definition) is 3. The smallest absolute Gasteiger partial charge is 0.323 e. The van der Waals surface area contributed by atoms with Gasteiger partial charge in [-0.25, -0.2) is 0 Å². The van der Waals surface area contributed by atoms with Crippen molar-refractivity contribution in [2.75, 3.05) is 13.7 Å². The minimum Gasteiger partial charge on any atom is -0.468 e. The molecule has 3 nitrogen and oxygen atoms in total. The summed E-state index contributed by atoms with van der Waals surface area (Å²) in [5.41, 5.74) is 1.25. The predicted molar refractivity (Wildman–Crippen MR) is 80.1 cm³/mol. The molecule has 0 spiro atoms. The summed E-state index contributed by atoms with van der Waals surface area (Å²) < 4.78 is 5.03. The highest BCUT2D eigenvalue weighted by Crippen LogP contribution is 2.34. The number of carbonyl (C=O) groups is 1. The lowest BCUT2D eigenvalue weighted by atomic mass is 9.76. The van der Waals surface area contributed by atoms with Crippen molar-refractivity contribution in [2.45, 2.75) is 33.4 Å². The second-order valence-electron chi connectivity index (χ2n) is 6.08. The third-order valence-corrected chi connectivity index (χ3v) is 4.81. The normalized spacial score (nSPS) is 31.0. The van der Waals surface area contributed by atoms with Crippen LogP contribution in [0.5, 0.6) is 0 Å². The van der Waals surface area contributed by atoms with Gasteiger partial charge in [0.25, 0.3) is 0 Å². The molecule has 1 aliphatic heterocycles. The molecule has 0 bridgehead atoms. The number of esters is 1. The van der Waals surface area contributed by atoms with Crippen LogP contribution in [0, 0.1) is 17.8 Å². The Labute approximate surface area is 121 Å². The van der Waals surface area contributed by atoms with Crippen LogP contribution >= 0.6 is 0 Å². The predicted octanol–water partition coefficient (Wildman–Crippen LogP) is 2.95. The van der Waals surface area contributed by atoms with E-state index in [9.17, 15) is 4.79 Å². The van der Waals surface area contributed by atoms with Crippen LogP contribution in [0.4, 0.5) is 0 Å². The van der Waals surface area contributed by atoms with Crippen LogP contribution in [-0.2, 0) is 16.1 Å². The average Bonchev–Trinajstić information content (AvgIpc) is 2.45. The molecule has 1 heterocycles. The van der Waals surface area contributed by atoms with E-state index in [0.29, 0.717) is 17.8 Å². The van der Waals surface area contributed by atoms with E-state index in [0.717, 1.165) is 13.1 Å². The van der Waals surface area contributed by atoms with E-state index in [4.69, 9.17) is 4.74 Å². The van der Waals surface area contributed by atoms with E-state index >= 15 is 0 Å². The zero-order chi connectivity index (χ0) is 14.7. The van der Waals surface area contributed by atoms with E-state index in [1.54, 1.807) is 0 Å². The molecule has 1 fully saturated rings. The van der Waals surface area contributed by atoms with Gasteiger partial charge in [0.2, 0.25) is 0 Å². The number of ether oxygens (including phenoxy) is 1. The first-order valence-corrected chi connectivity index (χ1v) is 7.40. The van der Waals surface area contributed by atoms with Crippen molar-refractivity contribution in [1.82, 2.24) is 4.90 Å². The Kier molecular flexibility index (Phi) is 4.81. The van der Waals surface area contributed by atoms with Crippen LogP contribution in [-0.4, -0.2) is 30.6 Å². The quantitative estimate of drug-likeness (QED) is 0.794. The molecule has 4 atom stereocenters. The van der Waals surface area contributed by atoms with Crippen LogP contribution in [0.2, 0.25) is 0 Å². The van der Waals surface area contributed by atoms with Gasteiger partial charge in [0.1, 0.15) is 6.04 Å². The maximum Gasteiger partial charge on any atom is 0.323 e. The largest absolute Gasteiger partial charge is 0.468 e. The number of likely N-dealkylation sites (tertiary alicyclic amines) is 1. The monoisotopic (exact) mass is 275 g/mol. The Morgan fingerprint density at radius 1 is 1.20 bits per heavy atom. The van der Waals surface area contributed by atoms with Crippen molar-refractivity contribution in [2.24, 2.45) is 17.8 Å². The molecule has 110 valence electrons. The molecule has 0 aromatic heterocycles. The van der Waals surface area contributed by atoms with Crippen LogP contribution in [0.15, 0.2) is 30.3 Å². The van der Waals surface area contributed by atoms with Gasteiger partial charge in [-0.3, -0.25) is 9.69 Å². The minimum atomic E-state index is -0.133. The van der Waals surface area contributed by atoms with Gasteiger partial charge in [-0.2, -0.15) is 0 Å². The summed E-state index contributed by atoms with van der Waals surface area (Å²) in [6, 6.07) is 10.2.